The monoisotopic (exact) mass is 434 g/mol. The van der Waals surface area contributed by atoms with Crippen LogP contribution in [0.4, 0.5) is 22.7 Å². The molecule has 32 heavy (non-hydrogen) atoms. The molecule has 3 aromatic rings. The molecule has 3 aromatic carbocycles. The van der Waals surface area contributed by atoms with Gasteiger partial charge in [0.05, 0.1) is 22.5 Å². The molecule has 3 rings (SSSR count). The smallest absolute Gasteiger partial charge is 0.337 e. The van der Waals surface area contributed by atoms with E-state index in [0.29, 0.717) is 0 Å². The molecule has 0 radical (unpaired) electrons. The number of amides is 2. The third-order valence-corrected chi connectivity index (χ3v) is 4.45. The first-order chi connectivity index (χ1) is 15.2. The fourth-order valence-corrected chi connectivity index (χ4v) is 2.87. The molecule has 0 aliphatic heterocycles. The number of nitrogens with one attached hydrogen (secondary N) is 2. The largest absolute Gasteiger partial charge is 0.478 e. The van der Waals surface area contributed by atoms with Gasteiger partial charge in [-0.2, -0.15) is 0 Å². The molecule has 0 fully saturated rings. The number of nitrogens with two attached hydrogens (primary N) is 2. The molecule has 162 valence electrons. The van der Waals surface area contributed by atoms with Crippen LogP contribution in [0.1, 0.15) is 41.4 Å². The molecular formula is C22H18N4O6. The van der Waals surface area contributed by atoms with E-state index in [1.165, 1.54) is 60.7 Å². The van der Waals surface area contributed by atoms with E-state index >= 15 is 0 Å². The van der Waals surface area contributed by atoms with Gasteiger partial charge >= 0.3 is 11.9 Å². The van der Waals surface area contributed by atoms with Gasteiger partial charge in [-0.3, -0.25) is 9.59 Å². The van der Waals surface area contributed by atoms with E-state index in [4.69, 9.17) is 11.5 Å². The van der Waals surface area contributed by atoms with Gasteiger partial charge in [-0.25, -0.2) is 9.59 Å². The second-order valence-corrected chi connectivity index (χ2v) is 6.71. The molecule has 0 aliphatic rings. The molecule has 0 bridgehead atoms. The fourth-order valence-electron chi connectivity index (χ4n) is 2.87. The molecule has 0 aliphatic carbocycles. The summed E-state index contributed by atoms with van der Waals surface area (Å²) in [6.07, 6.45) is 0. The van der Waals surface area contributed by atoms with Crippen molar-refractivity contribution < 1.29 is 29.4 Å². The molecule has 2 amide bonds. The van der Waals surface area contributed by atoms with Crippen molar-refractivity contribution >= 4 is 46.5 Å². The van der Waals surface area contributed by atoms with Crippen LogP contribution in [0.5, 0.6) is 0 Å². The van der Waals surface area contributed by atoms with Crippen molar-refractivity contribution in [3.8, 4) is 0 Å². The van der Waals surface area contributed by atoms with E-state index in [1.54, 1.807) is 0 Å². The molecule has 0 saturated carbocycles. The Morgan fingerprint density at radius 3 is 1.25 bits per heavy atom. The van der Waals surface area contributed by atoms with Crippen LogP contribution in [0.3, 0.4) is 0 Å². The van der Waals surface area contributed by atoms with Crippen molar-refractivity contribution in [2.45, 2.75) is 0 Å². The van der Waals surface area contributed by atoms with Gasteiger partial charge in [-0.15, -0.1) is 0 Å². The lowest BCUT2D eigenvalue weighted by Crippen LogP contribution is -2.17. The van der Waals surface area contributed by atoms with Crippen molar-refractivity contribution in [1.29, 1.82) is 0 Å². The predicted molar refractivity (Wildman–Crippen MR) is 118 cm³/mol. The van der Waals surface area contributed by atoms with E-state index in [2.05, 4.69) is 10.6 Å². The first-order valence-electron chi connectivity index (χ1n) is 9.14. The lowest BCUT2D eigenvalue weighted by atomic mass is 10.1. The van der Waals surface area contributed by atoms with Gasteiger partial charge in [-0.1, -0.05) is 0 Å². The first kappa shape index (κ1) is 21.8. The van der Waals surface area contributed by atoms with Gasteiger partial charge in [0.25, 0.3) is 11.8 Å². The van der Waals surface area contributed by atoms with Crippen LogP contribution in [0, 0.1) is 0 Å². The maximum atomic E-state index is 12.5. The Bertz CT molecular complexity index is 1140. The van der Waals surface area contributed by atoms with E-state index < -0.39 is 23.8 Å². The predicted octanol–water partition coefficient (Wildman–Crippen LogP) is 2.75. The molecule has 0 unspecified atom stereocenters. The molecule has 0 heterocycles. The normalized spacial score (nSPS) is 10.2. The summed E-state index contributed by atoms with van der Waals surface area (Å²) >= 11 is 0. The number of rotatable bonds is 6. The maximum absolute atomic E-state index is 12.5. The third-order valence-electron chi connectivity index (χ3n) is 4.45. The van der Waals surface area contributed by atoms with E-state index in [-0.39, 0.29) is 45.0 Å². The fraction of sp³-hybridized carbons (Fsp3) is 0. The Labute approximate surface area is 181 Å². The topological polar surface area (TPSA) is 185 Å². The zero-order valence-corrected chi connectivity index (χ0v) is 16.5. The summed E-state index contributed by atoms with van der Waals surface area (Å²) in [4.78, 5) is 47.7. The first-order valence-corrected chi connectivity index (χ1v) is 9.14. The third kappa shape index (κ3) is 4.82. The number of carbonyl (C=O) groups excluding carboxylic acids is 2. The minimum absolute atomic E-state index is 0.0344. The van der Waals surface area contributed by atoms with Crippen molar-refractivity contribution in [3.63, 3.8) is 0 Å². The SMILES string of the molecule is Nc1ccc(C(=O)O)c(NC(=O)c2ccc(C(=O)Nc3cc(N)ccc3C(=O)O)cc2)c1. The highest BCUT2D eigenvalue weighted by Gasteiger charge is 2.16. The van der Waals surface area contributed by atoms with Gasteiger partial charge in [0.15, 0.2) is 0 Å². The second kappa shape index (κ2) is 8.88. The lowest BCUT2D eigenvalue weighted by molar-refractivity contribution is 0.0687. The minimum Gasteiger partial charge on any atom is -0.478 e. The van der Waals surface area contributed by atoms with E-state index in [9.17, 15) is 29.4 Å². The van der Waals surface area contributed by atoms with E-state index in [0.717, 1.165) is 0 Å². The van der Waals surface area contributed by atoms with Gasteiger partial charge in [-0.05, 0) is 60.7 Å². The molecule has 8 N–H and O–H groups in total. The summed E-state index contributed by atoms with van der Waals surface area (Å²) in [5, 5.41) is 23.5. The molecule has 10 heteroatoms. The number of anilines is 4. The van der Waals surface area contributed by atoms with Gasteiger partial charge in [0.2, 0.25) is 0 Å². The molecular weight excluding hydrogens is 416 g/mol. The summed E-state index contributed by atoms with van der Waals surface area (Å²) in [7, 11) is 0. The van der Waals surface area contributed by atoms with Crippen LogP contribution in [-0.4, -0.2) is 34.0 Å². The van der Waals surface area contributed by atoms with Crippen LogP contribution >= 0.6 is 0 Å². The number of nitrogen functional groups attached to an aromatic ring is 2. The number of aromatic carboxylic acids is 2. The van der Waals surface area contributed by atoms with Crippen LogP contribution in [0.25, 0.3) is 0 Å². The summed E-state index contributed by atoms with van der Waals surface area (Å²) in [5.41, 5.74) is 12.0. The average molecular weight is 434 g/mol. The summed E-state index contributed by atoms with van der Waals surface area (Å²) in [5.74, 6) is -3.66. The lowest BCUT2D eigenvalue weighted by Gasteiger charge is -2.11. The Morgan fingerprint density at radius 1 is 0.594 bits per heavy atom. The standard InChI is InChI=1S/C22H18N4O6/c23-13-5-7-15(21(29)30)17(9-13)25-19(27)11-1-2-12(4-3-11)20(28)26-18-10-14(24)6-8-16(18)22(31)32/h1-10H,23-24H2,(H,25,27)(H,26,28)(H,29,30)(H,31,32). The zero-order valence-electron chi connectivity index (χ0n) is 16.5. The summed E-state index contributed by atoms with van der Waals surface area (Å²) in [6.45, 7) is 0. The van der Waals surface area contributed by atoms with Crippen molar-refractivity contribution in [1.82, 2.24) is 0 Å². The van der Waals surface area contributed by atoms with Gasteiger partial charge in [0.1, 0.15) is 0 Å². The van der Waals surface area contributed by atoms with Crippen LogP contribution in [-0.2, 0) is 0 Å². The molecule has 0 saturated heterocycles. The van der Waals surface area contributed by atoms with Crippen LogP contribution < -0.4 is 22.1 Å². The summed E-state index contributed by atoms with van der Waals surface area (Å²) < 4.78 is 0. The molecule has 0 atom stereocenters. The number of hydrogen-bond donors (Lipinski definition) is 6. The zero-order chi connectivity index (χ0) is 23.4. The summed E-state index contributed by atoms with van der Waals surface area (Å²) in [6, 6.07) is 13.5. The Kier molecular flexibility index (Phi) is 6.06. The molecule has 10 nitrogen and oxygen atoms in total. The quantitative estimate of drug-likeness (QED) is 0.320. The Balaban J connectivity index is 1.77. The number of carboxylic acids is 2. The maximum Gasteiger partial charge on any atom is 0.337 e. The van der Waals surface area contributed by atoms with E-state index in [1.807, 2.05) is 0 Å². The van der Waals surface area contributed by atoms with Gasteiger partial charge in [0, 0.05) is 22.5 Å². The van der Waals surface area contributed by atoms with Crippen LogP contribution in [0.15, 0.2) is 60.7 Å². The van der Waals surface area contributed by atoms with Crippen molar-refractivity contribution in [2.24, 2.45) is 0 Å². The molecule has 0 aromatic heterocycles. The van der Waals surface area contributed by atoms with Crippen LogP contribution in [0.2, 0.25) is 0 Å². The van der Waals surface area contributed by atoms with Crippen molar-refractivity contribution in [2.75, 3.05) is 22.1 Å². The average Bonchev–Trinajstić information content (AvgIpc) is 2.73. The molecule has 0 spiro atoms. The van der Waals surface area contributed by atoms with Gasteiger partial charge < -0.3 is 32.3 Å². The number of benzene rings is 3. The van der Waals surface area contributed by atoms with Crippen molar-refractivity contribution in [3.05, 3.63) is 82.9 Å². The highest BCUT2D eigenvalue weighted by atomic mass is 16.4. The second-order valence-electron chi connectivity index (χ2n) is 6.71. The number of carbonyl (C=O) groups is 4. The highest BCUT2D eigenvalue weighted by Crippen LogP contribution is 2.22. The Morgan fingerprint density at radius 2 is 0.938 bits per heavy atom. The Hall–Kier alpha value is -4.86. The highest BCUT2D eigenvalue weighted by molar-refractivity contribution is 6.10. The minimum atomic E-state index is -1.23. The number of carboxylic acid groups (broad SMARTS) is 2. The number of hydrogen-bond acceptors (Lipinski definition) is 6.